The van der Waals surface area contributed by atoms with Crippen molar-refractivity contribution < 1.29 is 24.2 Å². The van der Waals surface area contributed by atoms with Crippen LogP contribution in [0.15, 0.2) is 48.5 Å². The summed E-state index contributed by atoms with van der Waals surface area (Å²) in [5.41, 5.74) is 4.73. The number of rotatable bonds is 8. The van der Waals surface area contributed by atoms with Gasteiger partial charge in [0.25, 0.3) is 0 Å². The van der Waals surface area contributed by atoms with Crippen LogP contribution in [-0.4, -0.2) is 42.3 Å². The summed E-state index contributed by atoms with van der Waals surface area (Å²) in [4.78, 5) is 35.9. The molecule has 2 fully saturated rings. The van der Waals surface area contributed by atoms with Gasteiger partial charge in [0.1, 0.15) is 6.61 Å². The number of hydrogen-bond acceptors (Lipinski definition) is 4. The Balaban J connectivity index is 1.11. The van der Waals surface area contributed by atoms with Crippen LogP contribution >= 0.6 is 0 Å². The summed E-state index contributed by atoms with van der Waals surface area (Å²) in [6.07, 6.45) is 3.18. The number of fused-ring (bicyclic) bond motifs is 3. The van der Waals surface area contributed by atoms with E-state index in [1.54, 1.807) is 0 Å². The van der Waals surface area contributed by atoms with E-state index in [9.17, 15) is 14.4 Å². The first-order chi connectivity index (χ1) is 16.5. The number of carbonyl (C=O) groups excluding carboxylic acids is 2. The molecule has 34 heavy (non-hydrogen) atoms. The van der Waals surface area contributed by atoms with Crippen molar-refractivity contribution in [3.63, 3.8) is 0 Å². The van der Waals surface area contributed by atoms with Crippen LogP contribution in [0.3, 0.4) is 0 Å². The summed E-state index contributed by atoms with van der Waals surface area (Å²) < 4.78 is 5.67. The zero-order chi connectivity index (χ0) is 23.7. The zero-order valence-electron chi connectivity index (χ0n) is 19.0. The molecule has 5 rings (SSSR count). The van der Waals surface area contributed by atoms with Crippen LogP contribution in [0.4, 0.5) is 4.79 Å². The Morgan fingerprint density at radius 2 is 1.62 bits per heavy atom. The molecule has 3 aliphatic carbocycles. The minimum atomic E-state index is -0.789. The Morgan fingerprint density at radius 3 is 2.26 bits per heavy atom. The van der Waals surface area contributed by atoms with E-state index in [-0.39, 0.29) is 42.2 Å². The normalized spacial score (nSPS) is 24.7. The number of nitrogens with one attached hydrogen (secondary N) is 2. The minimum Gasteiger partial charge on any atom is -0.481 e. The van der Waals surface area contributed by atoms with E-state index in [2.05, 4.69) is 34.9 Å². The summed E-state index contributed by atoms with van der Waals surface area (Å²) in [7, 11) is 0. The van der Waals surface area contributed by atoms with E-state index in [0.717, 1.165) is 19.3 Å². The molecular weight excluding hydrogens is 432 g/mol. The number of carbonyl (C=O) groups is 3. The number of carboxylic acid groups (broad SMARTS) is 1. The average molecular weight is 463 g/mol. The molecule has 3 N–H and O–H groups in total. The molecule has 0 radical (unpaired) electrons. The molecule has 0 saturated heterocycles. The second-order valence-electron chi connectivity index (χ2n) is 9.72. The zero-order valence-corrected chi connectivity index (χ0v) is 19.0. The maximum atomic E-state index is 12.6. The number of ether oxygens (including phenoxy) is 1. The summed E-state index contributed by atoms with van der Waals surface area (Å²) in [5.74, 6) is -1.07. The van der Waals surface area contributed by atoms with Crippen LogP contribution in [0.5, 0.6) is 0 Å². The molecule has 2 amide bonds. The fraction of sp³-hybridized carbons (Fsp3) is 0.444. The topological polar surface area (TPSA) is 105 Å². The minimum absolute atomic E-state index is 0.0142. The van der Waals surface area contributed by atoms with Gasteiger partial charge in [0.05, 0.1) is 5.92 Å². The standard InChI is InChI=1S/C27H30N2O5/c30-25(28-14-17-12-22(17)26(31)32)13-16-6-5-11-24(16)29-27(33)34-15-23-20-9-3-1-7-18(20)19-8-2-4-10-21(19)23/h1-4,7-10,16-17,22-24H,5-6,11-15H2,(H,28,30)(H,29,33)(H,31,32)/t16-,17?,22?,24+/m0/s1. The largest absolute Gasteiger partial charge is 0.481 e. The Bertz CT molecular complexity index is 1050. The van der Waals surface area contributed by atoms with E-state index in [4.69, 9.17) is 9.84 Å². The Labute approximate surface area is 198 Å². The monoisotopic (exact) mass is 462 g/mol. The lowest BCUT2D eigenvalue weighted by Crippen LogP contribution is -2.40. The van der Waals surface area contributed by atoms with Crippen LogP contribution in [-0.2, 0) is 14.3 Å². The number of hydrogen-bond donors (Lipinski definition) is 3. The van der Waals surface area contributed by atoms with Gasteiger partial charge in [-0.25, -0.2) is 4.79 Å². The van der Waals surface area contributed by atoms with E-state index < -0.39 is 12.1 Å². The number of aliphatic carboxylic acids is 1. The fourth-order valence-corrected chi connectivity index (χ4v) is 5.59. The van der Waals surface area contributed by atoms with E-state index >= 15 is 0 Å². The summed E-state index contributed by atoms with van der Waals surface area (Å²) in [6, 6.07) is 16.4. The summed E-state index contributed by atoms with van der Waals surface area (Å²) in [5, 5.41) is 14.8. The number of alkyl carbamates (subject to hydrolysis) is 1. The summed E-state index contributed by atoms with van der Waals surface area (Å²) >= 11 is 0. The number of benzene rings is 2. The second kappa shape index (κ2) is 9.49. The van der Waals surface area contributed by atoms with Gasteiger partial charge in [-0.1, -0.05) is 55.0 Å². The van der Waals surface area contributed by atoms with Gasteiger partial charge in [-0.2, -0.15) is 0 Å². The molecule has 0 heterocycles. The Morgan fingerprint density at radius 1 is 0.941 bits per heavy atom. The number of amides is 2. The second-order valence-corrected chi connectivity index (χ2v) is 9.72. The van der Waals surface area contributed by atoms with Crippen LogP contribution in [0.2, 0.25) is 0 Å². The van der Waals surface area contributed by atoms with Crippen molar-refractivity contribution >= 4 is 18.0 Å². The van der Waals surface area contributed by atoms with Crippen molar-refractivity contribution in [1.29, 1.82) is 0 Å². The third kappa shape index (κ3) is 4.65. The maximum absolute atomic E-state index is 12.6. The molecule has 7 heteroatoms. The molecule has 3 aliphatic rings. The van der Waals surface area contributed by atoms with Crippen molar-refractivity contribution in [2.75, 3.05) is 13.2 Å². The van der Waals surface area contributed by atoms with Crippen molar-refractivity contribution in [2.45, 2.75) is 44.1 Å². The Kier molecular flexibility index (Phi) is 6.26. The van der Waals surface area contributed by atoms with Gasteiger partial charge in [0.15, 0.2) is 0 Å². The van der Waals surface area contributed by atoms with Gasteiger partial charge in [-0.3, -0.25) is 9.59 Å². The molecule has 178 valence electrons. The highest BCUT2D eigenvalue weighted by Crippen LogP contribution is 2.44. The first-order valence-electron chi connectivity index (χ1n) is 12.1. The van der Waals surface area contributed by atoms with E-state index in [1.165, 1.54) is 22.3 Å². The van der Waals surface area contributed by atoms with Crippen LogP contribution in [0.1, 0.15) is 49.1 Å². The highest BCUT2D eigenvalue weighted by Gasteiger charge is 2.43. The quantitative estimate of drug-likeness (QED) is 0.552. The molecule has 0 spiro atoms. The van der Waals surface area contributed by atoms with Gasteiger partial charge in [-0.05, 0) is 53.4 Å². The van der Waals surface area contributed by atoms with Crippen molar-refractivity contribution in [3.8, 4) is 11.1 Å². The maximum Gasteiger partial charge on any atom is 0.407 e. The SMILES string of the molecule is O=C(C[C@@H]1CCC[C@H]1NC(=O)OCC1c2ccccc2-c2ccccc21)NCC1CC1C(=O)O. The molecule has 2 aromatic rings. The highest BCUT2D eigenvalue weighted by atomic mass is 16.5. The average Bonchev–Trinajstić information content (AvgIpc) is 3.40. The van der Waals surface area contributed by atoms with Gasteiger partial charge >= 0.3 is 12.1 Å². The van der Waals surface area contributed by atoms with E-state index in [0.29, 0.717) is 19.4 Å². The van der Waals surface area contributed by atoms with Gasteiger partial charge in [-0.15, -0.1) is 0 Å². The molecule has 7 nitrogen and oxygen atoms in total. The third-order valence-electron chi connectivity index (χ3n) is 7.55. The molecule has 0 bridgehead atoms. The predicted molar refractivity (Wildman–Crippen MR) is 126 cm³/mol. The fourth-order valence-electron chi connectivity index (χ4n) is 5.59. The van der Waals surface area contributed by atoms with Gasteiger partial charge in [0, 0.05) is 24.9 Å². The molecule has 0 aliphatic heterocycles. The predicted octanol–water partition coefficient (Wildman–Crippen LogP) is 3.92. The number of carboxylic acids is 1. The first kappa shape index (κ1) is 22.4. The molecule has 2 unspecified atom stereocenters. The first-order valence-corrected chi connectivity index (χ1v) is 12.1. The lowest BCUT2D eigenvalue weighted by molar-refractivity contribution is -0.139. The van der Waals surface area contributed by atoms with E-state index in [1.807, 2.05) is 24.3 Å². The van der Waals surface area contributed by atoms with Crippen LogP contribution in [0, 0.1) is 17.8 Å². The molecule has 2 saturated carbocycles. The van der Waals surface area contributed by atoms with Crippen LogP contribution < -0.4 is 10.6 Å². The van der Waals surface area contributed by atoms with Crippen molar-refractivity contribution in [2.24, 2.45) is 17.8 Å². The Hall–Kier alpha value is -3.35. The highest BCUT2D eigenvalue weighted by molar-refractivity contribution is 5.79. The molecular formula is C27H30N2O5. The van der Waals surface area contributed by atoms with Gasteiger partial charge < -0.3 is 20.5 Å². The van der Waals surface area contributed by atoms with Gasteiger partial charge in [0.2, 0.25) is 5.91 Å². The van der Waals surface area contributed by atoms with Crippen LogP contribution in [0.25, 0.3) is 11.1 Å². The third-order valence-corrected chi connectivity index (χ3v) is 7.55. The molecule has 4 atom stereocenters. The summed E-state index contributed by atoms with van der Waals surface area (Å²) in [6.45, 7) is 0.677. The molecule has 2 aromatic carbocycles. The van der Waals surface area contributed by atoms with Crippen molar-refractivity contribution in [3.05, 3.63) is 59.7 Å². The lowest BCUT2D eigenvalue weighted by Gasteiger charge is -2.21. The molecule has 0 aromatic heterocycles. The smallest absolute Gasteiger partial charge is 0.407 e. The van der Waals surface area contributed by atoms with Crippen molar-refractivity contribution in [1.82, 2.24) is 10.6 Å². The lowest BCUT2D eigenvalue weighted by atomic mass is 9.98.